The van der Waals surface area contributed by atoms with Crippen molar-refractivity contribution in [3.63, 3.8) is 0 Å². The molecule has 0 aliphatic rings. The predicted octanol–water partition coefficient (Wildman–Crippen LogP) is 3.89. The minimum atomic E-state index is -3.74. The maximum atomic E-state index is 12.8. The van der Waals surface area contributed by atoms with Crippen LogP contribution in [0.5, 0.6) is 0 Å². The fraction of sp³-hybridized carbons (Fsp3) is 0.120. The van der Waals surface area contributed by atoms with Crippen LogP contribution in [0.2, 0.25) is 0 Å². The summed E-state index contributed by atoms with van der Waals surface area (Å²) in [5.74, 6) is -0.644. The minimum Gasteiger partial charge on any atom is -0.346 e. The molecule has 0 radical (unpaired) electrons. The fourth-order valence-electron chi connectivity index (χ4n) is 3.10. The number of carbonyl (C=O) groups is 2. The summed E-state index contributed by atoms with van der Waals surface area (Å²) in [7, 11) is -3.74. The molecule has 0 spiro atoms. The second kappa shape index (κ2) is 10.7. The first-order valence-corrected chi connectivity index (χ1v) is 11.8. The first-order chi connectivity index (χ1) is 15.8. The van der Waals surface area contributed by atoms with Gasteiger partial charge in [-0.1, -0.05) is 42.5 Å². The van der Waals surface area contributed by atoms with E-state index in [1.807, 2.05) is 19.1 Å². The highest BCUT2D eigenvalue weighted by Crippen LogP contribution is 2.19. The molecule has 3 N–H and O–H groups in total. The van der Waals surface area contributed by atoms with Gasteiger partial charge in [0.25, 0.3) is 11.8 Å². The van der Waals surface area contributed by atoms with E-state index in [0.717, 1.165) is 5.56 Å². The summed E-state index contributed by atoms with van der Waals surface area (Å²) in [5.41, 5.74) is 2.15. The third kappa shape index (κ3) is 6.38. The summed E-state index contributed by atoms with van der Waals surface area (Å²) in [6.45, 7) is 5.39. The molecule has 0 aromatic heterocycles. The summed E-state index contributed by atoms with van der Waals surface area (Å²) in [6, 6.07) is 21.5. The Morgan fingerprint density at radius 3 is 2.33 bits per heavy atom. The van der Waals surface area contributed by atoms with Gasteiger partial charge in [-0.05, 0) is 55.0 Å². The average molecular weight is 464 g/mol. The van der Waals surface area contributed by atoms with Gasteiger partial charge < -0.3 is 10.6 Å². The van der Waals surface area contributed by atoms with Gasteiger partial charge in [-0.3, -0.25) is 9.59 Å². The van der Waals surface area contributed by atoms with E-state index in [4.69, 9.17) is 0 Å². The Labute approximate surface area is 193 Å². The van der Waals surface area contributed by atoms with E-state index in [0.29, 0.717) is 11.3 Å². The van der Waals surface area contributed by atoms with Gasteiger partial charge in [0, 0.05) is 23.4 Å². The highest BCUT2D eigenvalue weighted by Gasteiger charge is 2.17. The molecule has 8 heteroatoms. The van der Waals surface area contributed by atoms with E-state index >= 15 is 0 Å². The van der Waals surface area contributed by atoms with E-state index < -0.39 is 15.9 Å². The molecule has 170 valence electrons. The Kier molecular flexibility index (Phi) is 7.76. The molecule has 3 aromatic carbocycles. The summed E-state index contributed by atoms with van der Waals surface area (Å²) in [5, 5.41) is 5.71. The van der Waals surface area contributed by atoms with Crippen LogP contribution in [-0.2, 0) is 10.0 Å². The van der Waals surface area contributed by atoms with Crippen LogP contribution in [0.15, 0.2) is 96.4 Å². The Balaban J connectivity index is 1.70. The van der Waals surface area contributed by atoms with Crippen LogP contribution in [-0.4, -0.2) is 26.8 Å². The largest absolute Gasteiger partial charge is 0.346 e. The number of nitrogens with one attached hydrogen (secondary N) is 3. The molecule has 0 aliphatic carbocycles. The van der Waals surface area contributed by atoms with Gasteiger partial charge in [-0.15, -0.1) is 6.58 Å². The van der Waals surface area contributed by atoms with Crippen molar-refractivity contribution in [1.29, 1.82) is 0 Å². The number of benzene rings is 3. The number of amides is 2. The summed E-state index contributed by atoms with van der Waals surface area (Å²) in [6.07, 6.45) is 1.44. The zero-order chi connectivity index (χ0) is 23.8. The van der Waals surface area contributed by atoms with E-state index in [-0.39, 0.29) is 29.0 Å². The quantitative estimate of drug-likeness (QED) is 0.419. The lowest BCUT2D eigenvalue weighted by atomic mass is 10.1. The van der Waals surface area contributed by atoms with Crippen LogP contribution in [0.4, 0.5) is 5.69 Å². The standard InChI is InChI=1S/C25H25N3O4S/c1-3-15-26-33(31,32)23-14-8-12-21(17-23)25(30)27-18(2)20-11-7-13-22(16-20)28-24(29)19-9-5-4-6-10-19/h3-14,16-18,26H,1,15H2,2H3,(H,27,30)(H,28,29). The zero-order valence-electron chi connectivity index (χ0n) is 18.1. The van der Waals surface area contributed by atoms with Gasteiger partial charge >= 0.3 is 0 Å². The topological polar surface area (TPSA) is 104 Å². The van der Waals surface area contributed by atoms with Crippen molar-refractivity contribution in [3.8, 4) is 0 Å². The van der Waals surface area contributed by atoms with Crippen molar-refractivity contribution >= 4 is 27.5 Å². The number of carbonyl (C=O) groups excluding carboxylic acids is 2. The summed E-state index contributed by atoms with van der Waals surface area (Å²) >= 11 is 0. The predicted molar refractivity (Wildman–Crippen MR) is 129 cm³/mol. The summed E-state index contributed by atoms with van der Waals surface area (Å²) in [4.78, 5) is 25.1. The second-order valence-electron chi connectivity index (χ2n) is 7.31. The van der Waals surface area contributed by atoms with Gasteiger partial charge in [0.2, 0.25) is 10.0 Å². The van der Waals surface area contributed by atoms with Crippen molar-refractivity contribution < 1.29 is 18.0 Å². The molecule has 0 saturated carbocycles. The molecule has 3 rings (SSSR count). The third-order valence-electron chi connectivity index (χ3n) is 4.85. The van der Waals surface area contributed by atoms with Gasteiger partial charge in [0.1, 0.15) is 0 Å². The molecule has 33 heavy (non-hydrogen) atoms. The molecule has 2 amide bonds. The normalized spacial score (nSPS) is 11.9. The average Bonchev–Trinajstić information content (AvgIpc) is 2.83. The van der Waals surface area contributed by atoms with Crippen molar-refractivity contribution in [1.82, 2.24) is 10.0 Å². The lowest BCUT2D eigenvalue weighted by molar-refractivity contribution is 0.0938. The fourth-order valence-corrected chi connectivity index (χ4v) is 4.14. The number of sulfonamides is 1. The third-order valence-corrected chi connectivity index (χ3v) is 6.27. The molecule has 1 atom stereocenters. The number of hydrogen-bond donors (Lipinski definition) is 3. The minimum absolute atomic E-state index is 0.00438. The molecular weight excluding hydrogens is 438 g/mol. The zero-order valence-corrected chi connectivity index (χ0v) is 18.9. The number of anilines is 1. The monoisotopic (exact) mass is 463 g/mol. The Morgan fingerprint density at radius 2 is 1.61 bits per heavy atom. The molecule has 0 heterocycles. The number of rotatable bonds is 9. The lowest BCUT2D eigenvalue weighted by Crippen LogP contribution is -2.28. The van der Waals surface area contributed by atoms with Crippen molar-refractivity contribution in [2.45, 2.75) is 17.9 Å². The Bertz CT molecular complexity index is 1260. The van der Waals surface area contributed by atoms with Crippen LogP contribution in [0.3, 0.4) is 0 Å². The van der Waals surface area contributed by atoms with Crippen LogP contribution in [0.1, 0.15) is 39.2 Å². The van der Waals surface area contributed by atoms with Crippen LogP contribution < -0.4 is 15.4 Å². The highest BCUT2D eigenvalue weighted by atomic mass is 32.2. The molecule has 7 nitrogen and oxygen atoms in total. The molecule has 3 aromatic rings. The van der Waals surface area contributed by atoms with Gasteiger partial charge in [-0.2, -0.15) is 0 Å². The first kappa shape index (κ1) is 23.9. The van der Waals surface area contributed by atoms with Crippen molar-refractivity contribution in [3.05, 3.63) is 108 Å². The smallest absolute Gasteiger partial charge is 0.255 e. The van der Waals surface area contributed by atoms with E-state index in [1.165, 1.54) is 24.3 Å². The van der Waals surface area contributed by atoms with Gasteiger partial charge in [-0.25, -0.2) is 13.1 Å². The van der Waals surface area contributed by atoms with E-state index in [2.05, 4.69) is 21.9 Å². The van der Waals surface area contributed by atoms with Gasteiger partial charge in [0.05, 0.1) is 10.9 Å². The van der Waals surface area contributed by atoms with E-state index in [9.17, 15) is 18.0 Å². The molecule has 0 bridgehead atoms. The van der Waals surface area contributed by atoms with Crippen molar-refractivity contribution in [2.75, 3.05) is 11.9 Å². The molecule has 0 saturated heterocycles. The van der Waals surface area contributed by atoms with Gasteiger partial charge in [0.15, 0.2) is 0 Å². The maximum absolute atomic E-state index is 12.8. The molecule has 0 fully saturated rings. The lowest BCUT2D eigenvalue weighted by Gasteiger charge is -2.16. The van der Waals surface area contributed by atoms with E-state index in [1.54, 1.807) is 48.5 Å². The second-order valence-corrected chi connectivity index (χ2v) is 9.08. The highest BCUT2D eigenvalue weighted by molar-refractivity contribution is 7.89. The Morgan fingerprint density at radius 1 is 0.909 bits per heavy atom. The van der Waals surface area contributed by atoms with Crippen LogP contribution in [0, 0.1) is 0 Å². The molecule has 1 unspecified atom stereocenters. The Hall–Kier alpha value is -3.75. The first-order valence-electron chi connectivity index (χ1n) is 10.3. The SMILES string of the molecule is C=CCNS(=O)(=O)c1cccc(C(=O)NC(C)c2cccc(NC(=O)c3ccccc3)c2)c1. The van der Waals surface area contributed by atoms with Crippen LogP contribution >= 0.6 is 0 Å². The molecule has 0 aliphatic heterocycles. The summed E-state index contributed by atoms with van der Waals surface area (Å²) < 4.78 is 27.0. The number of hydrogen-bond acceptors (Lipinski definition) is 4. The maximum Gasteiger partial charge on any atom is 0.255 e. The van der Waals surface area contributed by atoms with Crippen LogP contribution in [0.25, 0.3) is 0 Å². The van der Waals surface area contributed by atoms with Crippen molar-refractivity contribution in [2.24, 2.45) is 0 Å². The molecular formula is C25H25N3O4S.